The highest BCUT2D eigenvalue weighted by atomic mass is 16.5. The minimum Gasteiger partial charge on any atom is -0.496 e. The highest BCUT2D eigenvalue weighted by molar-refractivity contribution is 6.34. The van der Waals surface area contributed by atoms with Gasteiger partial charge in [-0.1, -0.05) is 5.46 Å². The van der Waals surface area contributed by atoms with Gasteiger partial charge in [0, 0.05) is 6.20 Å². The molecule has 1 aromatic rings. The Balaban J connectivity index is 3.01. The number of rotatable bonds is 1. The Bertz CT molecular complexity index is 202. The van der Waals surface area contributed by atoms with Gasteiger partial charge in [-0.15, -0.1) is 0 Å². The third-order valence-electron chi connectivity index (χ3n) is 1.04. The molecule has 0 spiro atoms. The number of hydrogen-bond acceptors (Lipinski definition) is 2. The van der Waals surface area contributed by atoms with Gasteiger partial charge in [0.15, 0.2) is 0 Å². The molecule has 9 heavy (non-hydrogen) atoms. The molecule has 0 aliphatic rings. The molecule has 1 heterocycles. The highest BCUT2D eigenvalue weighted by Crippen LogP contribution is 1.98. The molecule has 44 valence electrons. The molecule has 0 amide bonds. The van der Waals surface area contributed by atoms with Crippen molar-refractivity contribution in [2.24, 2.45) is 0 Å². The summed E-state index contributed by atoms with van der Waals surface area (Å²) in [7, 11) is 7.03. The van der Waals surface area contributed by atoms with Gasteiger partial charge in [0.1, 0.15) is 13.6 Å². The van der Waals surface area contributed by atoms with Gasteiger partial charge in [-0.05, 0) is 6.07 Å². The molecule has 2 nitrogen and oxygen atoms in total. The Morgan fingerprint density at radius 1 is 1.67 bits per heavy atom. The van der Waals surface area contributed by atoms with Crippen molar-refractivity contribution in [3.05, 3.63) is 18.5 Å². The predicted octanol–water partition coefficient (Wildman–Crippen LogP) is -0.116. The van der Waals surface area contributed by atoms with Crippen LogP contribution in [0.4, 0.5) is 0 Å². The molecule has 0 bridgehead atoms. The van der Waals surface area contributed by atoms with Crippen molar-refractivity contribution in [2.45, 2.75) is 0 Å². The van der Waals surface area contributed by atoms with E-state index in [2.05, 4.69) is 4.98 Å². The van der Waals surface area contributed by atoms with Crippen LogP contribution >= 0.6 is 0 Å². The quantitative estimate of drug-likeness (QED) is 0.481. The summed E-state index contributed by atoms with van der Waals surface area (Å²) < 4.78 is 4.86. The van der Waals surface area contributed by atoms with E-state index in [1.54, 1.807) is 25.6 Å². The van der Waals surface area contributed by atoms with Gasteiger partial charge in [0.2, 0.25) is 0 Å². The monoisotopic (exact) mass is 119 g/mol. The normalized spacial score (nSPS) is 9.00. The molecule has 0 aliphatic heterocycles. The van der Waals surface area contributed by atoms with Gasteiger partial charge >= 0.3 is 0 Å². The summed E-state index contributed by atoms with van der Waals surface area (Å²) in [5.41, 5.74) is 0.618. The van der Waals surface area contributed by atoms with E-state index < -0.39 is 0 Å². The van der Waals surface area contributed by atoms with E-state index in [0.29, 0.717) is 11.2 Å². The molecule has 3 heteroatoms. The van der Waals surface area contributed by atoms with Crippen LogP contribution < -0.4 is 10.2 Å². The first-order valence-corrected chi connectivity index (χ1v) is 2.58. The van der Waals surface area contributed by atoms with Crippen molar-refractivity contribution < 1.29 is 4.74 Å². The lowest BCUT2D eigenvalue weighted by Crippen LogP contribution is -2.06. The minimum atomic E-state index is 0.618. The topological polar surface area (TPSA) is 22.1 Å². The van der Waals surface area contributed by atoms with Gasteiger partial charge in [-0.2, -0.15) is 0 Å². The molecular weight excluding hydrogens is 113 g/mol. The number of methoxy groups -OCH3 is 1. The fourth-order valence-corrected chi connectivity index (χ4v) is 0.561. The van der Waals surface area contributed by atoms with Crippen LogP contribution in [0.1, 0.15) is 0 Å². The number of aromatic nitrogens is 1. The van der Waals surface area contributed by atoms with Crippen molar-refractivity contribution in [3.63, 3.8) is 0 Å². The standard InChI is InChI=1S/C6H6BNO/c1-9-6-4-8-3-2-5(6)7/h2-4H,1H3. The third kappa shape index (κ3) is 1.22. The van der Waals surface area contributed by atoms with Gasteiger partial charge in [-0.3, -0.25) is 4.98 Å². The lowest BCUT2D eigenvalue weighted by Gasteiger charge is -2.00. The Morgan fingerprint density at radius 2 is 2.44 bits per heavy atom. The first kappa shape index (κ1) is 6.14. The molecule has 2 radical (unpaired) electrons. The highest BCUT2D eigenvalue weighted by Gasteiger charge is 1.91. The van der Waals surface area contributed by atoms with Crippen molar-refractivity contribution in [1.29, 1.82) is 0 Å². The van der Waals surface area contributed by atoms with Gasteiger partial charge < -0.3 is 4.74 Å². The minimum absolute atomic E-state index is 0.618. The van der Waals surface area contributed by atoms with Gasteiger partial charge in [0.25, 0.3) is 0 Å². The fraction of sp³-hybridized carbons (Fsp3) is 0.167. The first-order valence-electron chi connectivity index (χ1n) is 2.58. The summed E-state index contributed by atoms with van der Waals surface area (Å²) >= 11 is 0. The molecule has 1 aromatic heterocycles. The van der Waals surface area contributed by atoms with Crippen LogP contribution in [0.2, 0.25) is 0 Å². The average molecular weight is 119 g/mol. The van der Waals surface area contributed by atoms with E-state index in [1.165, 1.54) is 0 Å². The molecule has 0 saturated carbocycles. The Kier molecular flexibility index (Phi) is 1.73. The second kappa shape index (κ2) is 2.53. The zero-order chi connectivity index (χ0) is 6.69. The van der Waals surface area contributed by atoms with Gasteiger partial charge in [-0.25, -0.2) is 0 Å². The van der Waals surface area contributed by atoms with Crippen LogP contribution in [0.3, 0.4) is 0 Å². The maximum Gasteiger partial charge on any atom is 0.130 e. The Morgan fingerprint density at radius 3 is 2.89 bits per heavy atom. The first-order chi connectivity index (χ1) is 4.34. The molecule has 0 unspecified atom stereocenters. The SMILES string of the molecule is [B]c1ccncc1OC. The maximum atomic E-state index is 5.47. The van der Waals surface area contributed by atoms with Crippen LogP contribution in [0.25, 0.3) is 0 Å². The number of pyridine rings is 1. The molecule has 0 fully saturated rings. The summed E-state index contributed by atoms with van der Waals surface area (Å²) in [5, 5.41) is 0. The summed E-state index contributed by atoms with van der Waals surface area (Å²) in [6.07, 6.45) is 3.20. The zero-order valence-corrected chi connectivity index (χ0v) is 5.16. The van der Waals surface area contributed by atoms with Crippen LogP contribution in [0, 0.1) is 0 Å². The number of hydrogen-bond donors (Lipinski definition) is 0. The van der Waals surface area contributed by atoms with E-state index in [9.17, 15) is 0 Å². The predicted molar refractivity (Wildman–Crippen MR) is 36.2 cm³/mol. The van der Waals surface area contributed by atoms with Crippen molar-refractivity contribution in [3.8, 4) is 5.75 Å². The lowest BCUT2D eigenvalue weighted by atomic mass is 9.97. The molecule has 0 aromatic carbocycles. The number of nitrogens with zero attached hydrogens (tertiary/aromatic N) is 1. The summed E-state index contributed by atoms with van der Waals surface area (Å²) in [4.78, 5) is 3.81. The van der Waals surface area contributed by atoms with Gasteiger partial charge in [0.05, 0.1) is 13.3 Å². The molecule has 0 saturated heterocycles. The summed E-state index contributed by atoms with van der Waals surface area (Å²) in [6, 6.07) is 1.69. The molecule has 0 aliphatic carbocycles. The largest absolute Gasteiger partial charge is 0.496 e. The third-order valence-corrected chi connectivity index (χ3v) is 1.04. The lowest BCUT2D eigenvalue weighted by molar-refractivity contribution is 0.416. The Labute approximate surface area is 55.3 Å². The molecular formula is C6H6BNO. The van der Waals surface area contributed by atoms with Crippen LogP contribution in [0.5, 0.6) is 5.75 Å². The molecule has 0 N–H and O–H groups in total. The van der Waals surface area contributed by atoms with E-state index in [0.717, 1.165) is 0 Å². The molecule has 1 rings (SSSR count). The van der Waals surface area contributed by atoms with Crippen LogP contribution in [-0.2, 0) is 0 Å². The van der Waals surface area contributed by atoms with Crippen molar-refractivity contribution in [2.75, 3.05) is 7.11 Å². The fourth-order valence-electron chi connectivity index (χ4n) is 0.561. The zero-order valence-electron chi connectivity index (χ0n) is 5.16. The van der Waals surface area contributed by atoms with Crippen LogP contribution in [-0.4, -0.2) is 19.9 Å². The van der Waals surface area contributed by atoms with Crippen LogP contribution in [0.15, 0.2) is 18.5 Å². The molecule has 0 atom stereocenters. The van der Waals surface area contributed by atoms with E-state index in [-0.39, 0.29) is 0 Å². The Hall–Kier alpha value is -0.985. The second-order valence-electron chi connectivity index (χ2n) is 1.62. The second-order valence-corrected chi connectivity index (χ2v) is 1.62. The smallest absolute Gasteiger partial charge is 0.130 e. The van der Waals surface area contributed by atoms with E-state index in [4.69, 9.17) is 12.6 Å². The maximum absolute atomic E-state index is 5.47. The number of ether oxygens (including phenoxy) is 1. The van der Waals surface area contributed by atoms with Crippen molar-refractivity contribution in [1.82, 2.24) is 4.98 Å². The summed E-state index contributed by atoms with van der Waals surface area (Å²) in [6.45, 7) is 0. The summed E-state index contributed by atoms with van der Waals surface area (Å²) in [5.74, 6) is 0.623. The van der Waals surface area contributed by atoms with E-state index >= 15 is 0 Å². The van der Waals surface area contributed by atoms with E-state index in [1.807, 2.05) is 0 Å². The average Bonchev–Trinajstić information content (AvgIpc) is 1.89. The van der Waals surface area contributed by atoms with Crippen molar-refractivity contribution >= 4 is 13.3 Å².